The van der Waals surface area contributed by atoms with Gasteiger partial charge in [0.2, 0.25) is 5.91 Å². The first-order chi connectivity index (χ1) is 11.6. The summed E-state index contributed by atoms with van der Waals surface area (Å²) >= 11 is 0. The lowest BCUT2D eigenvalue weighted by atomic mass is 10.2. The van der Waals surface area contributed by atoms with Crippen LogP contribution in [-0.4, -0.2) is 60.9 Å². The van der Waals surface area contributed by atoms with Gasteiger partial charge in [0, 0.05) is 13.0 Å². The van der Waals surface area contributed by atoms with Gasteiger partial charge in [0.05, 0.1) is 26.4 Å². The first-order valence-corrected chi connectivity index (χ1v) is 8.08. The van der Waals surface area contributed by atoms with Gasteiger partial charge in [0.1, 0.15) is 0 Å². The predicted octanol–water partition coefficient (Wildman–Crippen LogP) is 1.56. The van der Waals surface area contributed by atoms with E-state index in [0.717, 1.165) is 0 Å². The zero-order chi connectivity index (χ0) is 17.4. The Kier molecular flexibility index (Phi) is 6.87. The number of carboxylic acid groups (broad SMARTS) is 1. The van der Waals surface area contributed by atoms with Crippen molar-refractivity contribution in [2.45, 2.75) is 25.8 Å². The fourth-order valence-corrected chi connectivity index (χ4v) is 2.50. The Morgan fingerprint density at radius 2 is 2.00 bits per heavy atom. The summed E-state index contributed by atoms with van der Waals surface area (Å²) in [6.45, 7) is 3.53. The molecule has 7 nitrogen and oxygen atoms in total. The third-order valence-electron chi connectivity index (χ3n) is 3.68. The third-order valence-corrected chi connectivity index (χ3v) is 3.68. The molecule has 0 bridgehead atoms. The van der Waals surface area contributed by atoms with Crippen LogP contribution in [0.5, 0.6) is 11.5 Å². The Balaban J connectivity index is 1.79. The molecule has 1 aliphatic rings. The number of aliphatic carboxylic acids is 1. The number of benzene rings is 1. The topological polar surface area (TPSA) is 85.3 Å². The summed E-state index contributed by atoms with van der Waals surface area (Å²) in [5.74, 6) is 0.0874. The van der Waals surface area contributed by atoms with Crippen LogP contribution >= 0.6 is 0 Å². The maximum Gasteiger partial charge on any atom is 0.328 e. The zero-order valence-corrected chi connectivity index (χ0v) is 13.8. The van der Waals surface area contributed by atoms with Crippen molar-refractivity contribution in [3.8, 4) is 11.5 Å². The van der Waals surface area contributed by atoms with E-state index in [4.69, 9.17) is 19.3 Å². The third kappa shape index (κ3) is 4.86. The Morgan fingerprint density at radius 1 is 1.29 bits per heavy atom. The van der Waals surface area contributed by atoms with Crippen molar-refractivity contribution in [2.24, 2.45) is 0 Å². The van der Waals surface area contributed by atoms with Crippen LogP contribution < -0.4 is 9.47 Å². The van der Waals surface area contributed by atoms with E-state index in [9.17, 15) is 9.59 Å². The van der Waals surface area contributed by atoms with E-state index in [0.29, 0.717) is 44.3 Å². The van der Waals surface area contributed by atoms with Gasteiger partial charge in [0.15, 0.2) is 17.5 Å². The summed E-state index contributed by atoms with van der Waals surface area (Å²) in [6.07, 6.45) is 0.740. The van der Waals surface area contributed by atoms with Crippen molar-refractivity contribution in [3.63, 3.8) is 0 Å². The van der Waals surface area contributed by atoms with E-state index in [-0.39, 0.29) is 18.9 Å². The van der Waals surface area contributed by atoms with E-state index < -0.39 is 12.0 Å². The van der Waals surface area contributed by atoms with Crippen LogP contribution in [0.1, 0.15) is 19.8 Å². The Hall–Kier alpha value is -2.28. The number of ether oxygens (including phenoxy) is 3. The number of carbonyl (C=O) groups is 2. The highest BCUT2D eigenvalue weighted by Crippen LogP contribution is 2.26. The van der Waals surface area contributed by atoms with E-state index in [2.05, 4.69) is 0 Å². The predicted molar refractivity (Wildman–Crippen MR) is 86.3 cm³/mol. The van der Waals surface area contributed by atoms with Gasteiger partial charge in [0.25, 0.3) is 0 Å². The molecule has 1 saturated heterocycles. The molecule has 1 heterocycles. The summed E-state index contributed by atoms with van der Waals surface area (Å²) in [4.78, 5) is 24.8. The molecule has 7 heteroatoms. The van der Waals surface area contributed by atoms with Gasteiger partial charge in [-0.25, -0.2) is 4.79 Å². The average molecular weight is 337 g/mol. The number of carboxylic acids is 1. The Morgan fingerprint density at radius 3 is 2.67 bits per heavy atom. The molecule has 2 rings (SSSR count). The minimum atomic E-state index is -1.04. The molecule has 0 unspecified atom stereocenters. The fourth-order valence-electron chi connectivity index (χ4n) is 2.50. The van der Waals surface area contributed by atoms with Crippen LogP contribution in [0.25, 0.3) is 0 Å². The summed E-state index contributed by atoms with van der Waals surface area (Å²) < 4.78 is 16.3. The molecule has 1 atom stereocenters. The SMILES string of the molecule is CCOc1ccccc1OCCCC(=O)N1CCOC[C@@H]1C(=O)O. The number of morpholine rings is 1. The molecule has 132 valence electrons. The lowest BCUT2D eigenvalue weighted by Crippen LogP contribution is -2.52. The van der Waals surface area contributed by atoms with Crippen LogP contribution in [0.3, 0.4) is 0 Å². The highest BCUT2D eigenvalue weighted by atomic mass is 16.5. The Labute approximate surface area is 141 Å². The molecule has 1 fully saturated rings. The number of para-hydroxylation sites is 2. The summed E-state index contributed by atoms with van der Waals surface area (Å²) in [5, 5.41) is 9.15. The normalized spacial score (nSPS) is 17.4. The highest BCUT2D eigenvalue weighted by Gasteiger charge is 2.32. The highest BCUT2D eigenvalue weighted by molar-refractivity contribution is 5.84. The first-order valence-electron chi connectivity index (χ1n) is 8.08. The van der Waals surface area contributed by atoms with E-state index in [1.54, 1.807) is 0 Å². The van der Waals surface area contributed by atoms with Crippen molar-refractivity contribution in [1.82, 2.24) is 4.90 Å². The molecular weight excluding hydrogens is 314 g/mol. The summed E-state index contributed by atoms with van der Waals surface area (Å²) in [5.41, 5.74) is 0. The van der Waals surface area contributed by atoms with Crippen molar-refractivity contribution in [1.29, 1.82) is 0 Å². The number of nitrogens with zero attached hydrogens (tertiary/aromatic N) is 1. The molecule has 0 spiro atoms. The molecule has 0 saturated carbocycles. The van der Waals surface area contributed by atoms with Crippen LogP contribution in [0, 0.1) is 0 Å². The van der Waals surface area contributed by atoms with Crippen molar-refractivity contribution < 1.29 is 28.9 Å². The second kappa shape index (κ2) is 9.12. The average Bonchev–Trinajstić information content (AvgIpc) is 2.60. The number of carbonyl (C=O) groups excluding carboxylic acids is 1. The van der Waals surface area contributed by atoms with Crippen LogP contribution in [-0.2, 0) is 14.3 Å². The fraction of sp³-hybridized carbons (Fsp3) is 0.529. The lowest BCUT2D eigenvalue weighted by Gasteiger charge is -2.32. The quantitative estimate of drug-likeness (QED) is 0.725. The molecule has 1 aromatic carbocycles. The van der Waals surface area contributed by atoms with Gasteiger partial charge in [-0.2, -0.15) is 0 Å². The monoisotopic (exact) mass is 337 g/mol. The largest absolute Gasteiger partial charge is 0.490 e. The number of rotatable bonds is 8. The van der Waals surface area contributed by atoms with Gasteiger partial charge in [-0.15, -0.1) is 0 Å². The molecule has 0 aliphatic carbocycles. The minimum absolute atomic E-state index is 0.0410. The molecule has 1 amide bonds. The smallest absolute Gasteiger partial charge is 0.328 e. The molecule has 0 aromatic heterocycles. The zero-order valence-electron chi connectivity index (χ0n) is 13.8. The number of amides is 1. The van der Waals surface area contributed by atoms with Gasteiger partial charge >= 0.3 is 5.97 Å². The van der Waals surface area contributed by atoms with Gasteiger partial charge in [-0.3, -0.25) is 4.79 Å². The maximum absolute atomic E-state index is 12.2. The van der Waals surface area contributed by atoms with E-state index in [1.165, 1.54) is 4.90 Å². The summed E-state index contributed by atoms with van der Waals surface area (Å²) in [7, 11) is 0. The van der Waals surface area contributed by atoms with Crippen LogP contribution in [0.4, 0.5) is 0 Å². The molecule has 0 radical (unpaired) electrons. The molecule has 1 aromatic rings. The van der Waals surface area contributed by atoms with Gasteiger partial charge in [-0.1, -0.05) is 12.1 Å². The number of hydrogen-bond donors (Lipinski definition) is 1. The van der Waals surface area contributed by atoms with Crippen molar-refractivity contribution in [2.75, 3.05) is 33.0 Å². The first kappa shape index (κ1) is 18.1. The van der Waals surface area contributed by atoms with Gasteiger partial charge in [-0.05, 0) is 25.5 Å². The minimum Gasteiger partial charge on any atom is -0.490 e. The van der Waals surface area contributed by atoms with E-state index >= 15 is 0 Å². The lowest BCUT2D eigenvalue weighted by molar-refractivity contribution is -0.158. The summed E-state index contributed by atoms with van der Waals surface area (Å²) in [6, 6.07) is 6.47. The van der Waals surface area contributed by atoms with Crippen molar-refractivity contribution >= 4 is 11.9 Å². The second-order valence-electron chi connectivity index (χ2n) is 5.35. The van der Waals surface area contributed by atoms with Gasteiger partial charge < -0.3 is 24.2 Å². The molecule has 1 aliphatic heterocycles. The maximum atomic E-state index is 12.2. The van der Waals surface area contributed by atoms with Crippen LogP contribution in [0.2, 0.25) is 0 Å². The number of hydrogen-bond acceptors (Lipinski definition) is 5. The van der Waals surface area contributed by atoms with E-state index in [1.807, 2.05) is 31.2 Å². The second-order valence-corrected chi connectivity index (χ2v) is 5.35. The van der Waals surface area contributed by atoms with Crippen LogP contribution in [0.15, 0.2) is 24.3 Å². The van der Waals surface area contributed by atoms with Crippen molar-refractivity contribution in [3.05, 3.63) is 24.3 Å². The molecule has 24 heavy (non-hydrogen) atoms. The molecular formula is C17H23NO6. The Bertz CT molecular complexity index is 562. The standard InChI is InChI=1S/C17H23NO6/c1-2-23-14-6-3-4-7-15(14)24-10-5-8-16(19)18-9-11-22-12-13(18)17(20)21/h3-4,6-7,13H,2,5,8-12H2,1H3,(H,20,21)/t13-/m1/s1. The molecule has 1 N–H and O–H groups in total.